The van der Waals surface area contributed by atoms with Crippen molar-refractivity contribution in [1.82, 2.24) is 4.90 Å². The van der Waals surface area contributed by atoms with Crippen molar-refractivity contribution in [3.8, 4) is 5.75 Å². The summed E-state index contributed by atoms with van der Waals surface area (Å²) in [4.78, 5) is 27.3. The van der Waals surface area contributed by atoms with Gasteiger partial charge >= 0.3 is 0 Å². The number of hydrogen-bond acceptors (Lipinski definition) is 5. The summed E-state index contributed by atoms with van der Waals surface area (Å²) < 4.78 is 5.31. The smallest absolute Gasteiger partial charge is 0.278 e. The van der Waals surface area contributed by atoms with Gasteiger partial charge in [0.15, 0.2) is 0 Å². The Bertz CT molecular complexity index is 825. The van der Waals surface area contributed by atoms with Gasteiger partial charge in [0.1, 0.15) is 11.4 Å². The van der Waals surface area contributed by atoms with Gasteiger partial charge in [-0.1, -0.05) is 24.3 Å². The molecule has 0 bridgehead atoms. The molecule has 6 heteroatoms. The standard InChI is InChI=1S/C18H16N2O3S/c1-3-10-20-17(21)15(14-9-6-11-24-14)16(18(20)22)19-12-7-4-5-8-13(12)23-2/h3-9,11,19H,1,10H2,2H3. The van der Waals surface area contributed by atoms with Crippen molar-refractivity contribution in [2.45, 2.75) is 0 Å². The van der Waals surface area contributed by atoms with Crippen molar-refractivity contribution in [1.29, 1.82) is 0 Å². The van der Waals surface area contributed by atoms with Gasteiger partial charge in [-0.2, -0.15) is 0 Å². The highest BCUT2D eigenvalue weighted by molar-refractivity contribution is 7.11. The molecule has 0 aliphatic carbocycles. The molecule has 0 atom stereocenters. The molecular formula is C18H16N2O3S. The van der Waals surface area contributed by atoms with Crippen molar-refractivity contribution in [2.75, 3.05) is 19.0 Å². The fourth-order valence-electron chi connectivity index (χ4n) is 2.52. The van der Waals surface area contributed by atoms with Crippen LogP contribution in [0.5, 0.6) is 5.75 Å². The molecule has 3 rings (SSSR count). The fraction of sp³-hybridized carbons (Fsp3) is 0.111. The summed E-state index contributed by atoms with van der Waals surface area (Å²) in [6.45, 7) is 3.79. The third-order valence-corrected chi connectivity index (χ3v) is 4.50. The third-order valence-electron chi connectivity index (χ3n) is 3.61. The zero-order valence-electron chi connectivity index (χ0n) is 13.1. The molecule has 0 spiro atoms. The van der Waals surface area contributed by atoms with Gasteiger partial charge in [-0.3, -0.25) is 14.5 Å². The second kappa shape index (κ2) is 6.72. The highest BCUT2D eigenvalue weighted by Crippen LogP contribution is 2.34. The number of methoxy groups -OCH3 is 1. The molecule has 0 saturated heterocycles. The Morgan fingerprint density at radius 2 is 2.00 bits per heavy atom. The molecule has 2 amide bonds. The lowest BCUT2D eigenvalue weighted by molar-refractivity contribution is -0.136. The lowest BCUT2D eigenvalue weighted by Gasteiger charge is -2.13. The minimum Gasteiger partial charge on any atom is -0.495 e. The Labute approximate surface area is 143 Å². The third kappa shape index (κ3) is 2.72. The maximum Gasteiger partial charge on any atom is 0.278 e. The van der Waals surface area contributed by atoms with Gasteiger partial charge in [0, 0.05) is 11.4 Å². The summed E-state index contributed by atoms with van der Waals surface area (Å²) in [6.07, 6.45) is 1.54. The number of nitrogens with zero attached hydrogens (tertiary/aromatic N) is 1. The van der Waals surface area contributed by atoms with E-state index in [0.29, 0.717) is 17.0 Å². The number of rotatable bonds is 6. The predicted octanol–water partition coefficient (Wildman–Crippen LogP) is 3.13. The lowest BCUT2D eigenvalue weighted by atomic mass is 10.2. The van der Waals surface area contributed by atoms with Gasteiger partial charge in [-0.05, 0) is 23.6 Å². The first-order valence-electron chi connectivity index (χ1n) is 7.32. The Balaban J connectivity index is 2.07. The van der Waals surface area contributed by atoms with Crippen LogP contribution >= 0.6 is 11.3 Å². The minimum atomic E-state index is -0.366. The van der Waals surface area contributed by atoms with E-state index >= 15 is 0 Å². The first kappa shape index (κ1) is 16.0. The number of nitrogens with one attached hydrogen (secondary N) is 1. The maximum absolute atomic E-state index is 12.7. The quantitative estimate of drug-likeness (QED) is 0.648. The summed E-state index contributed by atoms with van der Waals surface area (Å²) in [7, 11) is 1.56. The average molecular weight is 340 g/mol. The van der Waals surface area contributed by atoms with E-state index in [4.69, 9.17) is 4.74 Å². The van der Waals surface area contributed by atoms with Gasteiger partial charge in [0.25, 0.3) is 11.8 Å². The summed E-state index contributed by atoms with van der Waals surface area (Å²) in [5.74, 6) is -0.0908. The molecule has 1 aromatic carbocycles. The molecule has 1 aliphatic heterocycles. The summed E-state index contributed by atoms with van der Waals surface area (Å²) in [6, 6.07) is 10.9. The second-order valence-corrected chi connectivity index (χ2v) is 6.01. The average Bonchev–Trinajstić information content (AvgIpc) is 3.19. The van der Waals surface area contributed by atoms with Crippen molar-refractivity contribution in [3.05, 3.63) is 65.0 Å². The summed E-state index contributed by atoms with van der Waals surface area (Å²) in [5.41, 5.74) is 1.27. The number of imide groups is 1. The maximum atomic E-state index is 12.7. The molecule has 2 heterocycles. The Morgan fingerprint density at radius 1 is 1.21 bits per heavy atom. The first-order chi connectivity index (χ1) is 11.7. The zero-order valence-corrected chi connectivity index (χ0v) is 13.9. The number of para-hydroxylation sites is 2. The van der Waals surface area contributed by atoms with E-state index in [-0.39, 0.29) is 24.1 Å². The fourth-order valence-corrected chi connectivity index (χ4v) is 3.29. The molecule has 5 nitrogen and oxygen atoms in total. The van der Waals surface area contributed by atoms with Gasteiger partial charge < -0.3 is 10.1 Å². The Kier molecular flexibility index (Phi) is 4.48. The number of benzene rings is 1. The Hall–Kier alpha value is -2.86. The lowest BCUT2D eigenvalue weighted by Crippen LogP contribution is -2.32. The molecule has 1 N–H and O–H groups in total. The SMILES string of the molecule is C=CCN1C(=O)C(Nc2ccccc2OC)=C(c2cccs2)C1=O. The van der Waals surface area contributed by atoms with Gasteiger partial charge in [0.2, 0.25) is 0 Å². The summed E-state index contributed by atoms with van der Waals surface area (Å²) in [5, 5.41) is 4.95. The van der Waals surface area contributed by atoms with Crippen LogP contribution in [-0.4, -0.2) is 30.4 Å². The van der Waals surface area contributed by atoms with E-state index in [0.717, 1.165) is 4.88 Å². The van der Waals surface area contributed by atoms with Crippen LogP contribution in [0, 0.1) is 0 Å². The van der Waals surface area contributed by atoms with E-state index in [1.807, 2.05) is 29.6 Å². The molecule has 0 saturated carbocycles. The van der Waals surface area contributed by atoms with E-state index in [9.17, 15) is 9.59 Å². The van der Waals surface area contributed by atoms with Crippen molar-refractivity contribution >= 4 is 34.4 Å². The van der Waals surface area contributed by atoms with Gasteiger partial charge in [-0.15, -0.1) is 17.9 Å². The zero-order chi connectivity index (χ0) is 17.1. The summed E-state index contributed by atoms with van der Waals surface area (Å²) >= 11 is 1.42. The van der Waals surface area contributed by atoms with Gasteiger partial charge in [0.05, 0.1) is 18.4 Å². The van der Waals surface area contributed by atoms with Crippen molar-refractivity contribution in [3.63, 3.8) is 0 Å². The molecule has 1 aromatic heterocycles. The molecule has 1 aliphatic rings. The van der Waals surface area contributed by atoms with Crippen LogP contribution in [0.1, 0.15) is 4.88 Å². The number of carbonyl (C=O) groups is 2. The van der Waals surface area contributed by atoms with Crippen molar-refractivity contribution < 1.29 is 14.3 Å². The van der Waals surface area contributed by atoms with Crippen LogP contribution in [0.3, 0.4) is 0 Å². The van der Waals surface area contributed by atoms with Crippen LogP contribution in [0.25, 0.3) is 5.57 Å². The van der Waals surface area contributed by atoms with E-state index in [2.05, 4.69) is 11.9 Å². The molecule has 24 heavy (non-hydrogen) atoms. The highest BCUT2D eigenvalue weighted by atomic mass is 32.1. The Morgan fingerprint density at radius 3 is 2.67 bits per heavy atom. The van der Waals surface area contributed by atoms with Crippen LogP contribution in [0.15, 0.2) is 60.1 Å². The van der Waals surface area contributed by atoms with Crippen LogP contribution in [0.4, 0.5) is 5.69 Å². The van der Waals surface area contributed by atoms with Crippen LogP contribution < -0.4 is 10.1 Å². The van der Waals surface area contributed by atoms with E-state index < -0.39 is 0 Å². The number of anilines is 1. The first-order valence-corrected chi connectivity index (χ1v) is 8.20. The molecule has 0 fully saturated rings. The van der Waals surface area contributed by atoms with E-state index in [1.165, 1.54) is 22.3 Å². The minimum absolute atomic E-state index is 0.170. The molecule has 2 aromatic rings. The topological polar surface area (TPSA) is 58.6 Å². The second-order valence-electron chi connectivity index (χ2n) is 5.06. The van der Waals surface area contributed by atoms with Crippen molar-refractivity contribution in [2.24, 2.45) is 0 Å². The van der Waals surface area contributed by atoms with E-state index in [1.54, 1.807) is 19.2 Å². The monoisotopic (exact) mass is 340 g/mol. The highest BCUT2D eigenvalue weighted by Gasteiger charge is 2.39. The largest absolute Gasteiger partial charge is 0.495 e. The number of amides is 2. The normalized spacial score (nSPS) is 14.3. The molecule has 122 valence electrons. The number of thiophene rings is 1. The van der Waals surface area contributed by atoms with Crippen LogP contribution in [-0.2, 0) is 9.59 Å². The molecule has 0 unspecified atom stereocenters. The predicted molar refractivity (Wildman–Crippen MR) is 94.8 cm³/mol. The van der Waals surface area contributed by atoms with Gasteiger partial charge in [-0.25, -0.2) is 0 Å². The number of hydrogen-bond donors (Lipinski definition) is 1. The molecular weight excluding hydrogens is 324 g/mol. The number of ether oxygens (including phenoxy) is 1. The number of carbonyl (C=O) groups excluding carboxylic acids is 2. The van der Waals surface area contributed by atoms with Crippen LogP contribution in [0.2, 0.25) is 0 Å². The molecule has 0 radical (unpaired) electrons.